The Kier molecular flexibility index (Phi) is 15.8. The standard InChI is InChI=1S/C28H41NO4S2.2C2H6/c1-19-9-11-21(12-10-19)27(30)29(22-13-15-23(16-14-22)33-18-34-3)24-17-25(20-7-5-4-6-8-20)35-26(24)28(31)32-2;2*1-2/h7,17,19,21-23H,4-6,8-16,18H2,1-3H3;2*1-2H3. The number of allylic oxidation sites excluding steroid dienone is 2. The number of nitrogens with zero attached hydrogens (tertiary/aromatic N) is 1. The minimum Gasteiger partial charge on any atom is -0.465 e. The Morgan fingerprint density at radius 1 is 1.00 bits per heavy atom. The maximum atomic E-state index is 14.1. The second-order valence-corrected chi connectivity index (χ2v) is 12.3. The van der Waals surface area contributed by atoms with E-state index in [0.29, 0.717) is 16.7 Å². The molecule has 1 amide bonds. The molecule has 3 aliphatic rings. The Bertz CT molecular complexity index is 896. The van der Waals surface area contributed by atoms with Gasteiger partial charge in [-0.3, -0.25) is 4.79 Å². The highest BCUT2D eigenvalue weighted by Gasteiger charge is 2.38. The number of amides is 1. The third kappa shape index (κ3) is 9.36. The molecule has 5 nitrogen and oxygen atoms in total. The van der Waals surface area contributed by atoms with E-state index in [1.165, 1.54) is 36.9 Å². The molecular weight excluding hydrogens is 526 g/mol. The van der Waals surface area contributed by atoms with Gasteiger partial charge in [0, 0.05) is 16.8 Å². The van der Waals surface area contributed by atoms with Crippen molar-refractivity contribution in [3.63, 3.8) is 0 Å². The first-order valence-electron chi connectivity index (χ1n) is 15.4. The van der Waals surface area contributed by atoms with E-state index in [9.17, 15) is 9.59 Å². The highest BCUT2D eigenvalue weighted by molar-refractivity contribution is 7.98. The Labute approximate surface area is 246 Å². The molecule has 1 aromatic heterocycles. The number of hydrogen-bond donors (Lipinski definition) is 0. The van der Waals surface area contributed by atoms with E-state index >= 15 is 0 Å². The quantitative estimate of drug-likeness (QED) is 0.227. The predicted octanol–water partition coefficient (Wildman–Crippen LogP) is 9.35. The number of carbonyl (C=O) groups excluding carboxylic acids is 2. The first kappa shape index (κ1) is 33.9. The summed E-state index contributed by atoms with van der Waals surface area (Å²) in [6.07, 6.45) is 16.9. The summed E-state index contributed by atoms with van der Waals surface area (Å²) in [5, 5.41) is 0. The topological polar surface area (TPSA) is 55.8 Å². The van der Waals surface area contributed by atoms with Crippen LogP contribution in [0.3, 0.4) is 0 Å². The molecule has 0 spiro atoms. The maximum absolute atomic E-state index is 14.1. The van der Waals surface area contributed by atoms with Crippen LogP contribution in [0.25, 0.3) is 5.57 Å². The lowest BCUT2D eigenvalue weighted by atomic mass is 9.81. The molecular formula is C32H53NO4S2. The summed E-state index contributed by atoms with van der Waals surface area (Å²) in [4.78, 5) is 30.8. The number of esters is 1. The lowest BCUT2D eigenvalue weighted by molar-refractivity contribution is -0.124. The zero-order valence-corrected chi connectivity index (χ0v) is 27.2. The average molecular weight is 580 g/mol. The third-order valence-corrected chi connectivity index (χ3v) is 9.53. The van der Waals surface area contributed by atoms with Crippen molar-refractivity contribution in [1.29, 1.82) is 0 Å². The molecule has 39 heavy (non-hydrogen) atoms. The summed E-state index contributed by atoms with van der Waals surface area (Å²) in [5.74, 6) is 1.32. The smallest absolute Gasteiger partial charge is 0.350 e. The predicted molar refractivity (Wildman–Crippen MR) is 169 cm³/mol. The molecule has 0 saturated heterocycles. The first-order chi connectivity index (χ1) is 19.0. The van der Waals surface area contributed by atoms with E-state index in [4.69, 9.17) is 9.47 Å². The number of thiophene rings is 1. The van der Waals surface area contributed by atoms with Gasteiger partial charge in [-0.25, -0.2) is 4.79 Å². The Balaban J connectivity index is 0.00000127. The van der Waals surface area contributed by atoms with Crippen molar-refractivity contribution in [1.82, 2.24) is 0 Å². The summed E-state index contributed by atoms with van der Waals surface area (Å²) < 4.78 is 11.2. The van der Waals surface area contributed by atoms with Crippen molar-refractivity contribution in [3.8, 4) is 0 Å². The fourth-order valence-corrected chi connectivity index (χ4v) is 7.32. The molecule has 2 fully saturated rings. The van der Waals surface area contributed by atoms with Crippen molar-refractivity contribution < 1.29 is 19.1 Å². The van der Waals surface area contributed by atoms with Crippen LogP contribution < -0.4 is 4.90 Å². The summed E-state index contributed by atoms with van der Waals surface area (Å²) in [6, 6.07) is 2.22. The van der Waals surface area contributed by atoms with Gasteiger partial charge in [0.2, 0.25) is 5.91 Å². The third-order valence-electron chi connectivity index (χ3n) is 7.98. The Hall–Kier alpha value is -1.31. The van der Waals surface area contributed by atoms with Gasteiger partial charge in [-0.15, -0.1) is 23.1 Å². The van der Waals surface area contributed by atoms with Gasteiger partial charge in [-0.1, -0.05) is 40.7 Å². The van der Waals surface area contributed by atoms with Gasteiger partial charge in [-0.2, -0.15) is 0 Å². The van der Waals surface area contributed by atoms with Gasteiger partial charge in [-0.05, 0) is 101 Å². The van der Waals surface area contributed by atoms with E-state index in [1.54, 1.807) is 11.8 Å². The number of anilines is 1. The Morgan fingerprint density at radius 3 is 2.23 bits per heavy atom. The van der Waals surface area contributed by atoms with Gasteiger partial charge < -0.3 is 14.4 Å². The van der Waals surface area contributed by atoms with Crippen LogP contribution in [-0.4, -0.2) is 43.3 Å². The molecule has 222 valence electrons. The van der Waals surface area contributed by atoms with E-state index in [-0.39, 0.29) is 29.9 Å². The lowest BCUT2D eigenvalue weighted by Crippen LogP contribution is -2.47. The summed E-state index contributed by atoms with van der Waals surface area (Å²) >= 11 is 3.21. The van der Waals surface area contributed by atoms with Crippen LogP contribution in [0.2, 0.25) is 0 Å². The van der Waals surface area contributed by atoms with Gasteiger partial charge >= 0.3 is 5.97 Å². The number of carbonyl (C=O) groups is 2. The monoisotopic (exact) mass is 579 g/mol. The molecule has 4 rings (SSSR count). The highest BCUT2D eigenvalue weighted by atomic mass is 32.2. The second-order valence-electron chi connectivity index (χ2n) is 10.5. The van der Waals surface area contributed by atoms with Gasteiger partial charge in [0.05, 0.1) is 24.8 Å². The molecule has 0 radical (unpaired) electrons. The maximum Gasteiger partial charge on any atom is 0.350 e. The normalized spacial score (nSPS) is 24.7. The molecule has 0 unspecified atom stereocenters. The molecule has 3 aliphatic carbocycles. The number of hydrogen-bond acceptors (Lipinski definition) is 6. The van der Waals surface area contributed by atoms with E-state index < -0.39 is 0 Å². The molecule has 7 heteroatoms. The van der Waals surface area contributed by atoms with Gasteiger partial charge in [0.15, 0.2) is 0 Å². The number of ether oxygens (including phenoxy) is 2. The van der Waals surface area contributed by atoms with Crippen LogP contribution in [0.1, 0.15) is 126 Å². The molecule has 0 bridgehead atoms. The minimum atomic E-state index is -0.334. The van der Waals surface area contributed by atoms with Gasteiger partial charge in [0.1, 0.15) is 4.88 Å². The number of rotatable bonds is 8. The van der Waals surface area contributed by atoms with Crippen molar-refractivity contribution in [2.75, 3.05) is 24.2 Å². The van der Waals surface area contributed by atoms with Crippen LogP contribution in [0.15, 0.2) is 12.1 Å². The molecule has 1 aromatic rings. The average Bonchev–Trinajstić information content (AvgIpc) is 3.44. The zero-order chi connectivity index (χ0) is 28.8. The fourth-order valence-electron chi connectivity index (χ4n) is 5.85. The second kappa shape index (κ2) is 18.2. The lowest BCUT2D eigenvalue weighted by Gasteiger charge is -2.39. The molecule has 0 aliphatic heterocycles. The highest BCUT2D eigenvalue weighted by Crippen LogP contribution is 2.42. The van der Waals surface area contributed by atoms with Crippen molar-refractivity contribution in [2.24, 2.45) is 11.8 Å². The van der Waals surface area contributed by atoms with Crippen LogP contribution in [0, 0.1) is 11.8 Å². The van der Waals surface area contributed by atoms with Crippen LogP contribution in [0.5, 0.6) is 0 Å². The van der Waals surface area contributed by atoms with Crippen LogP contribution in [-0.2, 0) is 14.3 Å². The van der Waals surface area contributed by atoms with Crippen molar-refractivity contribution in [2.45, 2.75) is 124 Å². The Morgan fingerprint density at radius 2 is 1.67 bits per heavy atom. The molecule has 0 aromatic carbocycles. The van der Waals surface area contributed by atoms with Gasteiger partial charge in [0.25, 0.3) is 0 Å². The van der Waals surface area contributed by atoms with E-state index in [2.05, 4.69) is 25.3 Å². The largest absolute Gasteiger partial charge is 0.465 e. The van der Waals surface area contributed by atoms with Crippen molar-refractivity contribution in [3.05, 3.63) is 21.9 Å². The number of methoxy groups -OCH3 is 1. The summed E-state index contributed by atoms with van der Waals surface area (Å²) in [5.41, 5.74) is 2.09. The molecule has 0 atom stereocenters. The molecule has 2 saturated carbocycles. The van der Waals surface area contributed by atoms with Crippen LogP contribution >= 0.6 is 23.1 Å². The van der Waals surface area contributed by atoms with Crippen molar-refractivity contribution >= 4 is 46.2 Å². The summed E-state index contributed by atoms with van der Waals surface area (Å²) in [6.45, 7) is 10.3. The fraction of sp³-hybridized carbons (Fsp3) is 0.750. The number of thioether (sulfide) groups is 1. The molecule has 1 heterocycles. The van der Waals surface area contributed by atoms with E-state index in [1.807, 2.05) is 32.6 Å². The van der Waals surface area contributed by atoms with E-state index in [0.717, 1.165) is 74.8 Å². The van der Waals surface area contributed by atoms with Crippen LogP contribution in [0.4, 0.5) is 5.69 Å². The zero-order valence-electron chi connectivity index (χ0n) is 25.6. The molecule has 0 N–H and O–H groups in total. The minimum absolute atomic E-state index is 0.0411. The SMILES string of the molecule is CC.CC.COC(=O)c1sc(C2=CCCCC2)cc1N(C(=O)C1CCC(C)CC1)C1CCC(OCSC)CC1. The summed E-state index contributed by atoms with van der Waals surface area (Å²) in [7, 11) is 1.44. The first-order valence-corrected chi connectivity index (χ1v) is 17.6.